The summed E-state index contributed by atoms with van der Waals surface area (Å²) in [5.41, 5.74) is 2.26. The molecule has 1 atom stereocenters. The SMILES string of the molecule is C=CC(C)(C)c1[nH]cnc1/C=C1\NC(=O)[C@@H](Cc2ccccc2)NC1=O. The lowest BCUT2D eigenvalue weighted by molar-refractivity contribution is -0.131. The maximum atomic E-state index is 12.4. The van der Waals surface area contributed by atoms with Gasteiger partial charge in [0.15, 0.2) is 0 Å². The van der Waals surface area contributed by atoms with Crippen LogP contribution >= 0.6 is 0 Å². The smallest absolute Gasteiger partial charge is 0.268 e. The van der Waals surface area contributed by atoms with E-state index in [4.69, 9.17) is 0 Å². The summed E-state index contributed by atoms with van der Waals surface area (Å²) in [6, 6.07) is 8.99. The first-order valence-corrected chi connectivity index (χ1v) is 8.45. The Morgan fingerprint density at radius 1 is 1.23 bits per heavy atom. The lowest BCUT2D eigenvalue weighted by atomic mass is 9.88. The molecule has 3 rings (SSSR count). The highest BCUT2D eigenvalue weighted by Gasteiger charge is 2.30. The van der Waals surface area contributed by atoms with Gasteiger partial charge in [0, 0.05) is 11.8 Å². The second kappa shape index (κ2) is 7.00. The van der Waals surface area contributed by atoms with E-state index in [0.717, 1.165) is 11.3 Å². The molecule has 134 valence electrons. The molecular weight excluding hydrogens is 328 g/mol. The highest BCUT2D eigenvalue weighted by molar-refractivity contribution is 6.07. The number of amides is 2. The molecule has 0 aliphatic carbocycles. The van der Waals surface area contributed by atoms with E-state index in [1.54, 1.807) is 18.5 Å². The molecule has 1 fully saturated rings. The van der Waals surface area contributed by atoms with Gasteiger partial charge in [0.25, 0.3) is 5.91 Å². The monoisotopic (exact) mass is 350 g/mol. The van der Waals surface area contributed by atoms with Gasteiger partial charge >= 0.3 is 0 Å². The lowest BCUT2D eigenvalue weighted by Crippen LogP contribution is -2.55. The minimum atomic E-state index is -0.592. The maximum absolute atomic E-state index is 12.4. The molecule has 1 aliphatic rings. The number of imidazole rings is 1. The Balaban J connectivity index is 1.79. The van der Waals surface area contributed by atoms with Crippen molar-refractivity contribution in [2.75, 3.05) is 0 Å². The Hall–Kier alpha value is -3.15. The molecule has 1 aliphatic heterocycles. The number of carbonyl (C=O) groups excluding carboxylic acids is 2. The molecule has 0 radical (unpaired) electrons. The quantitative estimate of drug-likeness (QED) is 0.570. The molecule has 6 nitrogen and oxygen atoms in total. The molecule has 1 saturated heterocycles. The number of carbonyl (C=O) groups is 2. The van der Waals surface area contributed by atoms with Gasteiger partial charge in [0.2, 0.25) is 5.91 Å². The van der Waals surface area contributed by atoms with E-state index in [9.17, 15) is 9.59 Å². The maximum Gasteiger partial charge on any atom is 0.268 e. The van der Waals surface area contributed by atoms with E-state index in [0.29, 0.717) is 12.1 Å². The molecule has 2 amide bonds. The van der Waals surface area contributed by atoms with Crippen molar-refractivity contribution in [3.05, 3.63) is 72.0 Å². The average molecular weight is 350 g/mol. The van der Waals surface area contributed by atoms with E-state index in [1.807, 2.05) is 44.2 Å². The van der Waals surface area contributed by atoms with Crippen molar-refractivity contribution < 1.29 is 9.59 Å². The Kier molecular flexibility index (Phi) is 4.75. The number of aromatic amines is 1. The third-order valence-electron chi connectivity index (χ3n) is 4.51. The normalized spacial score (nSPS) is 19.2. The molecule has 26 heavy (non-hydrogen) atoms. The lowest BCUT2D eigenvalue weighted by Gasteiger charge is -2.25. The first kappa shape index (κ1) is 17.7. The first-order chi connectivity index (χ1) is 12.4. The zero-order valence-corrected chi connectivity index (χ0v) is 14.9. The predicted molar refractivity (Wildman–Crippen MR) is 100 cm³/mol. The van der Waals surface area contributed by atoms with Crippen LogP contribution in [-0.2, 0) is 21.4 Å². The summed E-state index contributed by atoms with van der Waals surface area (Å²) >= 11 is 0. The van der Waals surface area contributed by atoms with Crippen LogP contribution in [0.5, 0.6) is 0 Å². The van der Waals surface area contributed by atoms with Gasteiger partial charge in [-0.1, -0.05) is 50.3 Å². The van der Waals surface area contributed by atoms with Crippen molar-refractivity contribution >= 4 is 17.9 Å². The van der Waals surface area contributed by atoms with Crippen molar-refractivity contribution in [2.24, 2.45) is 0 Å². The highest BCUT2D eigenvalue weighted by Crippen LogP contribution is 2.26. The standard InChI is InChI=1S/C20H22N4O2/c1-4-20(2,3)17-14(21-12-22-17)11-16-19(26)23-15(18(25)24-16)10-13-8-6-5-7-9-13/h4-9,11-12,15H,1,10H2,2-3H3,(H,21,22)(H,23,26)(H,24,25)/b16-11-/t15-/m1/s1. The molecular formula is C20H22N4O2. The fraction of sp³-hybridized carbons (Fsp3) is 0.250. The number of H-pyrrole nitrogens is 1. The van der Waals surface area contributed by atoms with Crippen LogP contribution in [0.2, 0.25) is 0 Å². The van der Waals surface area contributed by atoms with Crippen LogP contribution in [0.15, 0.2) is 55.0 Å². The number of piperazine rings is 1. The number of aromatic nitrogens is 2. The second-order valence-electron chi connectivity index (χ2n) is 6.85. The number of nitrogens with zero attached hydrogens (tertiary/aromatic N) is 1. The summed E-state index contributed by atoms with van der Waals surface area (Å²) in [6.07, 6.45) is 5.40. The summed E-state index contributed by atoms with van der Waals surface area (Å²) in [5.74, 6) is -0.560. The molecule has 3 N–H and O–H groups in total. The van der Waals surface area contributed by atoms with Crippen molar-refractivity contribution in [3.63, 3.8) is 0 Å². The van der Waals surface area contributed by atoms with Gasteiger partial charge in [0.1, 0.15) is 11.7 Å². The molecule has 2 heterocycles. The van der Waals surface area contributed by atoms with Crippen LogP contribution in [0.25, 0.3) is 6.08 Å². The summed E-state index contributed by atoms with van der Waals surface area (Å²) in [4.78, 5) is 32.2. The second-order valence-corrected chi connectivity index (χ2v) is 6.85. The molecule has 0 saturated carbocycles. The fourth-order valence-electron chi connectivity index (χ4n) is 2.84. The number of allylic oxidation sites excluding steroid dienone is 1. The Bertz CT molecular complexity index is 865. The third kappa shape index (κ3) is 3.59. The van der Waals surface area contributed by atoms with E-state index in [1.165, 1.54) is 0 Å². The Labute approximate surface area is 152 Å². The van der Waals surface area contributed by atoms with Crippen LogP contribution in [0.3, 0.4) is 0 Å². The van der Waals surface area contributed by atoms with E-state index >= 15 is 0 Å². The summed E-state index contributed by atoms with van der Waals surface area (Å²) in [5, 5.41) is 5.47. The molecule has 0 unspecified atom stereocenters. The van der Waals surface area contributed by atoms with Gasteiger partial charge in [-0.05, 0) is 11.6 Å². The minimum Gasteiger partial charge on any atom is -0.347 e. The Morgan fingerprint density at radius 3 is 2.65 bits per heavy atom. The number of hydrogen-bond acceptors (Lipinski definition) is 3. The van der Waals surface area contributed by atoms with Crippen LogP contribution in [0.1, 0.15) is 30.8 Å². The zero-order valence-electron chi connectivity index (χ0n) is 14.9. The highest BCUT2D eigenvalue weighted by atomic mass is 16.2. The van der Waals surface area contributed by atoms with Gasteiger partial charge in [-0.25, -0.2) is 4.98 Å². The van der Waals surface area contributed by atoms with Gasteiger partial charge < -0.3 is 15.6 Å². The molecule has 6 heteroatoms. The van der Waals surface area contributed by atoms with Gasteiger partial charge in [-0.2, -0.15) is 0 Å². The largest absolute Gasteiger partial charge is 0.347 e. The topological polar surface area (TPSA) is 86.9 Å². The van der Waals surface area contributed by atoms with E-state index in [2.05, 4.69) is 27.2 Å². The molecule has 0 bridgehead atoms. The number of rotatable bonds is 5. The number of nitrogens with one attached hydrogen (secondary N) is 3. The average Bonchev–Trinajstić information content (AvgIpc) is 3.09. The van der Waals surface area contributed by atoms with Crippen molar-refractivity contribution in [1.82, 2.24) is 20.6 Å². The van der Waals surface area contributed by atoms with Crippen LogP contribution in [0.4, 0.5) is 0 Å². The summed E-state index contributed by atoms with van der Waals surface area (Å²) < 4.78 is 0. The van der Waals surface area contributed by atoms with Gasteiger partial charge in [0.05, 0.1) is 17.7 Å². The van der Waals surface area contributed by atoms with Crippen molar-refractivity contribution in [1.29, 1.82) is 0 Å². The van der Waals surface area contributed by atoms with Crippen LogP contribution in [0, 0.1) is 0 Å². The molecule has 0 spiro atoms. The minimum absolute atomic E-state index is 0.188. The van der Waals surface area contributed by atoms with Crippen molar-refractivity contribution in [3.8, 4) is 0 Å². The first-order valence-electron chi connectivity index (χ1n) is 8.45. The third-order valence-corrected chi connectivity index (χ3v) is 4.51. The summed E-state index contributed by atoms with van der Waals surface area (Å²) in [6.45, 7) is 7.82. The van der Waals surface area contributed by atoms with Crippen LogP contribution in [-0.4, -0.2) is 27.8 Å². The van der Waals surface area contributed by atoms with E-state index < -0.39 is 6.04 Å². The number of hydrogen-bond donors (Lipinski definition) is 3. The zero-order chi connectivity index (χ0) is 18.7. The van der Waals surface area contributed by atoms with Crippen LogP contribution < -0.4 is 10.6 Å². The summed E-state index contributed by atoms with van der Waals surface area (Å²) in [7, 11) is 0. The molecule has 1 aromatic carbocycles. The van der Waals surface area contributed by atoms with Crippen molar-refractivity contribution in [2.45, 2.75) is 31.7 Å². The fourth-order valence-corrected chi connectivity index (χ4v) is 2.84. The number of benzene rings is 1. The Morgan fingerprint density at radius 2 is 1.96 bits per heavy atom. The van der Waals surface area contributed by atoms with Gasteiger partial charge in [-0.3, -0.25) is 9.59 Å². The van der Waals surface area contributed by atoms with Gasteiger partial charge in [-0.15, -0.1) is 6.58 Å². The van der Waals surface area contributed by atoms with E-state index in [-0.39, 0.29) is 22.9 Å². The molecule has 1 aromatic heterocycles. The predicted octanol–water partition coefficient (Wildman–Crippen LogP) is 2.07. The molecule has 2 aromatic rings.